The van der Waals surface area contributed by atoms with Gasteiger partial charge in [0, 0.05) is 11.1 Å². The first-order chi connectivity index (χ1) is 6.68. The summed E-state index contributed by atoms with van der Waals surface area (Å²) >= 11 is 0. The smallest absolute Gasteiger partial charge is 0.354 e. The van der Waals surface area contributed by atoms with E-state index in [1.165, 1.54) is 6.07 Å². The first-order valence-corrected chi connectivity index (χ1v) is 4.07. The number of halogens is 1. The highest BCUT2D eigenvalue weighted by molar-refractivity contribution is 5.96. The van der Waals surface area contributed by atoms with Gasteiger partial charge in [0.05, 0.1) is 5.52 Å². The van der Waals surface area contributed by atoms with Crippen molar-refractivity contribution in [2.75, 3.05) is 5.73 Å². The molecule has 0 aliphatic carbocycles. The zero-order valence-corrected chi connectivity index (χ0v) is 8.49. The largest absolute Gasteiger partial charge is 0.477 e. The van der Waals surface area contributed by atoms with Crippen molar-refractivity contribution >= 4 is 35.0 Å². The molecule has 78 valence electrons. The van der Waals surface area contributed by atoms with E-state index in [0.29, 0.717) is 11.2 Å². The fraction of sp³-hybridized carbons (Fsp3) is 0. The number of pyridine rings is 1. The maximum atomic E-state index is 10.7. The van der Waals surface area contributed by atoms with Crippen LogP contribution in [0.15, 0.2) is 30.3 Å². The lowest BCUT2D eigenvalue weighted by Gasteiger charge is -2.02. The van der Waals surface area contributed by atoms with Gasteiger partial charge in [-0.25, -0.2) is 9.78 Å². The van der Waals surface area contributed by atoms with E-state index in [-0.39, 0.29) is 18.1 Å². The van der Waals surface area contributed by atoms with Crippen LogP contribution in [-0.2, 0) is 0 Å². The van der Waals surface area contributed by atoms with E-state index < -0.39 is 5.97 Å². The van der Waals surface area contributed by atoms with Crippen molar-refractivity contribution in [3.05, 3.63) is 36.0 Å². The standard InChI is InChI=1S/C10H8N2O2.ClH/c11-7-5-9(10(13)14)12-8-4-2-1-3-6(7)8;/h1-5H,(H2,11,12)(H,13,14);1H. The summed E-state index contributed by atoms with van der Waals surface area (Å²) in [4.78, 5) is 14.6. The van der Waals surface area contributed by atoms with Gasteiger partial charge in [-0.2, -0.15) is 0 Å². The number of fused-ring (bicyclic) bond motifs is 1. The summed E-state index contributed by atoms with van der Waals surface area (Å²) in [7, 11) is 0. The number of hydrogen-bond acceptors (Lipinski definition) is 3. The molecule has 0 saturated carbocycles. The Morgan fingerprint density at radius 2 is 2.00 bits per heavy atom. The van der Waals surface area contributed by atoms with Gasteiger partial charge in [0.25, 0.3) is 0 Å². The molecule has 0 bridgehead atoms. The van der Waals surface area contributed by atoms with Crippen LogP contribution in [0.4, 0.5) is 5.69 Å². The Labute approximate surface area is 92.1 Å². The van der Waals surface area contributed by atoms with E-state index in [1.54, 1.807) is 12.1 Å². The lowest BCUT2D eigenvalue weighted by atomic mass is 10.1. The molecule has 0 radical (unpaired) electrons. The molecule has 1 aromatic carbocycles. The Morgan fingerprint density at radius 3 is 2.67 bits per heavy atom. The van der Waals surface area contributed by atoms with Crippen molar-refractivity contribution in [3.63, 3.8) is 0 Å². The van der Waals surface area contributed by atoms with Gasteiger partial charge in [-0.15, -0.1) is 12.4 Å². The summed E-state index contributed by atoms with van der Waals surface area (Å²) in [5.41, 5.74) is 6.70. The highest BCUT2D eigenvalue weighted by Gasteiger charge is 2.07. The second-order valence-electron chi connectivity index (χ2n) is 2.92. The van der Waals surface area contributed by atoms with Crippen LogP contribution >= 0.6 is 12.4 Å². The molecule has 1 aromatic heterocycles. The quantitative estimate of drug-likeness (QED) is 0.776. The number of carboxylic acids is 1. The number of nitrogens with zero attached hydrogens (tertiary/aromatic N) is 1. The Morgan fingerprint density at radius 1 is 1.33 bits per heavy atom. The maximum Gasteiger partial charge on any atom is 0.354 e. The molecular formula is C10H9ClN2O2. The second-order valence-corrected chi connectivity index (χ2v) is 2.92. The van der Waals surface area contributed by atoms with Crippen molar-refractivity contribution in [2.45, 2.75) is 0 Å². The van der Waals surface area contributed by atoms with Gasteiger partial charge in [-0.3, -0.25) is 0 Å². The first kappa shape index (κ1) is 11.3. The predicted molar refractivity (Wildman–Crippen MR) is 60.4 cm³/mol. The molecule has 0 unspecified atom stereocenters. The number of carbonyl (C=O) groups is 1. The third kappa shape index (κ3) is 1.99. The molecule has 3 N–H and O–H groups in total. The van der Waals surface area contributed by atoms with Crippen LogP contribution in [0.2, 0.25) is 0 Å². The molecule has 0 amide bonds. The molecule has 2 aromatic rings. The van der Waals surface area contributed by atoms with Crippen molar-refractivity contribution in [1.29, 1.82) is 0 Å². The van der Waals surface area contributed by atoms with Gasteiger partial charge in [-0.05, 0) is 12.1 Å². The summed E-state index contributed by atoms with van der Waals surface area (Å²) < 4.78 is 0. The van der Waals surface area contributed by atoms with Crippen LogP contribution in [0.25, 0.3) is 10.9 Å². The van der Waals surface area contributed by atoms with Crippen LogP contribution in [0, 0.1) is 0 Å². The molecule has 2 rings (SSSR count). The second kappa shape index (κ2) is 4.14. The minimum absolute atomic E-state index is 0. The topological polar surface area (TPSA) is 76.2 Å². The van der Waals surface area contributed by atoms with E-state index in [9.17, 15) is 4.79 Å². The summed E-state index contributed by atoms with van der Waals surface area (Å²) in [5, 5.41) is 9.53. The molecule has 0 aliphatic rings. The van der Waals surface area contributed by atoms with Gasteiger partial charge < -0.3 is 10.8 Å². The molecule has 0 fully saturated rings. The van der Waals surface area contributed by atoms with Gasteiger partial charge in [0.15, 0.2) is 5.69 Å². The Hall–Kier alpha value is -1.81. The lowest BCUT2D eigenvalue weighted by Crippen LogP contribution is -2.02. The Balaban J connectivity index is 0.00000112. The summed E-state index contributed by atoms with van der Waals surface area (Å²) in [5.74, 6) is -1.07. The van der Waals surface area contributed by atoms with Crippen molar-refractivity contribution < 1.29 is 9.90 Å². The highest BCUT2D eigenvalue weighted by atomic mass is 35.5. The first-order valence-electron chi connectivity index (χ1n) is 4.07. The van der Waals surface area contributed by atoms with Crippen LogP contribution in [0.3, 0.4) is 0 Å². The number of para-hydroxylation sites is 1. The maximum absolute atomic E-state index is 10.7. The van der Waals surface area contributed by atoms with Gasteiger partial charge in [0.1, 0.15) is 0 Å². The van der Waals surface area contributed by atoms with E-state index in [4.69, 9.17) is 10.8 Å². The Bertz CT molecular complexity index is 514. The molecule has 0 atom stereocenters. The van der Waals surface area contributed by atoms with Gasteiger partial charge in [-0.1, -0.05) is 18.2 Å². The fourth-order valence-electron chi connectivity index (χ4n) is 1.31. The molecule has 0 saturated heterocycles. The molecular weight excluding hydrogens is 216 g/mol. The molecule has 4 nitrogen and oxygen atoms in total. The average molecular weight is 225 g/mol. The zero-order chi connectivity index (χ0) is 10.1. The summed E-state index contributed by atoms with van der Waals surface area (Å²) in [6, 6.07) is 8.54. The number of nitrogen functional groups attached to an aromatic ring is 1. The van der Waals surface area contributed by atoms with Gasteiger partial charge >= 0.3 is 5.97 Å². The van der Waals surface area contributed by atoms with E-state index in [0.717, 1.165) is 5.39 Å². The minimum Gasteiger partial charge on any atom is -0.477 e. The van der Waals surface area contributed by atoms with Crippen molar-refractivity contribution in [3.8, 4) is 0 Å². The SMILES string of the molecule is Cl.Nc1cc(C(=O)O)nc2ccccc12. The number of anilines is 1. The third-order valence-corrected chi connectivity index (χ3v) is 1.97. The number of aromatic nitrogens is 1. The van der Waals surface area contributed by atoms with Crippen molar-refractivity contribution in [1.82, 2.24) is 4.98 Å². The van der Waals surface area contributed by atoms with Crippen LogP contribution in [0.1, 0.15) is 10.5 Å². The van der Waals surface area contributed by atoms with Crippen LogP contribution in [-0.4, -0.2) is 16.1 Å². The van der Waals surface area contributed by atoms with Crippen LogP contribution < -0.4 is 5.73 Å². The monoisotopic (exact) mass is 224 g/mol. The normalized spacial score (nSPS) is 9.60. The van der Waals surface area contributed by atoms with Crippen LogP contribution in [0.5, 0.6) is 0 Å². The van der Waals surface area contributed by atoms with E-state index in [2.05, 4.69) is 4.98 Å². The van der Waals surface area contributed by atoms with Crippen molar-refractivity contribution in [2.24, 2.45) is 0 Å². The summed E-state index contributed by atoms with van der Waals surface area (Å²) in [6.07, 6.45) is 0. The number of aromatic carboxylic acids is 1. The molecule has 0 spiro atoms. The number of carboxylic acid groups (broad SMARTS) is 1. The minimum atomic E-state index is -1.07. The Kier molecular flexibility index (Phi) is 3.11. The molecule has 15 heavy (non-hydrogen) atoms. The number of nitrogens with two attached hydrogens (primary N) is 1. The summed E-state index contributed by atoms with van der Waals surface area (Å²) in [6.45, 7) is 0. The zero-order valence-electron chi connectivity index (χ0n) is 7.68. The van der Waals surface area contributed by atoms with Gasteiger partial charge in [0.2, 0.25) is 0 Å². The van der Waals surface area contributed by atoms with E-state index in [1.807, 2.05) is 12.1 Å². The number of hydrogen-bond donors (Lipinski definition) is 2. The molecule has 0 aliphatic heterocycles. The third-order valence-electron chi connectivity index (χ3n) is 1.97. The fourth-order valence-corrected chi connectivity index (χ4v) is 1.31. The average Bonchev–Trinajstić information content (AvgIpc) is 2.17. The van der Waals surface area contributed by atoms with E-state index >= 15 is 0 Å². The molecule has 1 heterocycles. The lowest BCUT2D eigenvalue weighted by molar-refractivity contribution is 0.0691. The molecule has 5 heteroatoms. The number of rotatable bonds is 1. The highest BCUT2D eigenvalue weighted by Crippen LogP contribution is 2.19. The number of benzene rings is 1. The predicted octanol–water partition coefficient (Wildman–Crippen LogP) is 1.94.